The smallest absolute Gasteiger partial charge is 0.465 e. The fraction of sp³-hybridized carbons (Fsp3) is 0.493. The summed E-state index contributed by atoms with van der Waals surface area (Å²) < 4.78 is 111. The summed E-state index contributed by atoms with van der Waals surface area (Å²) in [7, 11) is 1.80. The molecule has 0 radical (unpaired) electrons. The predicted molar refractivity (Wildman–Crippen MR) is 357 cm³/mol. The van der Waals surface area contributed by atoms with E-state index in [4.69, 9.17) is 165 Å². The molecule has 9 rings (SSSR count). The number of methoxy groups -OCH3 is 2. The minimum Gasteiger partial charge on any atom is -0.465 e. The number of fused-ring (bicyclic) bond motifs is 2. The van der Waals surface area contributed by atoms with E-state index in [1.807, 2.05) is 0 Å². The number of carbonyl (C=O) groups is 9. The van der Waals surface area contributed by atoms with E-state index < -0.39 is 210 Å². The van der Waals surface area contributed by atoms with Gasteiger partial charge in [0.2, 0.25) is 16.0 Å². The van der Waals surface area contributed by atoms with E-state index in [9.17, 15) is 33.6 Å². The lowest BCUT2D eigenvalue weighted by molar-refractivity contribution is -0.368. The highest BCUT2D eigenvalue weighted by Crippen LogP contribution is 2.46. The maximum Gasteiger partial charge on any atom is 0.508 e. The summed E-state index contributed by atoms with van der Waals surface area (Å²) in [5.74, 6) is -14.5. The predicted octanol–water partition coefficient (Wildman–Crippen LogP) is 7.68. The Balaban J connectivity index is 1.20. The number of carbonyl (C=O) groups excluding carboxylic acids is 9. The zero-order valence-electron chi connectivity index (χ0n) is 55.8. The molecule has 4 aromatic rings. The third-order valence-corrected chi connectivity index (χ3v) is 17.1. The average molecular weight is 1580 g/mol. The molecule has 31 nitrogen and oxygen atoms in total. The Hall–Kier alpha value is -7.60. The molecular formula is C67H71Cl6N3O28. The molecule has 3 N–H and O–H groups in total. The molecule has 5 aliphatic heterocycles. The zero-order valence-corrected chi connectivity index (χ0v) is 60.3. The fourth-order valence-electron chi connectivity index (χ4n) is 12.0. The second-order valence-electron chi connectivity index (χ2n) is 23.8. The van der Waals surface area contributed by atoms with E-state index in [0.29, 0.717) is 16.7 Å². The van der Waals surface area contributed by atoms with Gasteiger partial charge in [0.15, 0.2) is 30.5 Å². The number of halogens is 6. The zero-order chi connectivity index (χ0) is 75.1. The molecule has 17 atom stereocenters. The Morgan fingerprint density at radius 1 is 0.567 bits per heavy atom. The minimum absolute atomic E-state index is 0.0670. The summed E-state index contributed by atoms with van der Waals surface area (Å²) in [4.78, 5) is 127. The van der Waals surface area contributed by atoms with Gasteiger partial charge < -0.3 is 101 Å². The quantitative estimate of drug-likeness (QED) is 0.0148. The second kappa shape index (κ2) is 36.1. The van der Waals surface area contributed by atoms with Crippen LogP contribution >= 0.6 is 69.6 Å². The van der Waals surface area contributed by atoms with Crippen LogP contribution < -0.4 is 10.6 Å². The van der Waals surface area contributed by atoms with Crippen molar-refractivity contribution in [1.29, 1.82) is 5.41 Å². The number of ether oxygens (including phenoxy) is 19. The van der Waals surface area contributed by atoms with Crippen LogP contribution in [-0.2, 0) is 134 Å². The highest BCUT2D eigenvalue weighted by molar-refractivity contribution is 6.76. The van der Waals surface area contributed by atoms with E-state index in [1.165, 1.54) is 24.3 Å². The highest BCUT2D eigenvalue weighted by atomic mass is 35.6. The van der Waals surface area contributed by atoms with Crippen molar-refractivity contribution < 1.29 is 133 Å². The van der Waals surface area contributed by atoms with Gasteiger partial charge >= 0.3 is 54.2 Å². The monoisotopic (exact) mass is 1580 g/mol. The first kappa shape index (κ1) is 80.5. The standard InChI is InChI=1S/C67H71Cl6N3O28/c1-35(77)92-44(31-88-28-38-18-10-6-11-19-38)49(93-36(2)78)52-47-42(96-61(83)75-47)26-64(102-52,59(81)86-4)101-46(33-90-30-40-22-14-8-15-23-40)51(94-37(3)79)53-48-43(97-62(84)76-48)27-65(103-53,60(82)87-5)104-54-50(99-63(85)91-34-66(68,69)70)45(32-89-29-39-20-12-7-13-21-39)95-57(100-58(74)67(71,72)73)55(54)98-56(80)41-24-16-9-17-25-41/h6-25,42-55,57,74H,26-34H2,1-5H3,(H,75,83)(H,76,84)/t42-,43-,44+,45+,46+,47+,48+,49+,50-,51+,52+,53+,54-,55+,57-,64+,65-/m0/s1. The molecule has 5 aliphatic rings. The average Bonchev–Trinajstić information content (AvgIpc) is 1.40. The first-order valence-electron chi connectivity index (χ1n) is 31.8. The molecule has 0 saturated carbocycles. The Morgan fingerprint density at radius 2 is 1.02 bits per heavy atom. The van der Waals surface area contributed by atoms with Crippen LogP contribution in [0.1, 0.15) is 60.7 Å². The van der Waals surface area contributed by atoms with E-state index in [2.05, 4.69) is 10.6 Å². The normalized spacial score (nSPS) is 26.8. The molecular weight excluding hydrogens is 1510 g/mol. The first-order chi connectivity index (χ1) is 49.5. The first-order valence-corrected chi connectivity index (χ1v) is 34.1. The van der Waals surface area contributed by atoms with Gasteiger partial charge in [0.05, 0.1) is 84.3 Å². The summed E-state index contributed by atoms with van der Waals surface area (Å²) in [6, 6.07) is 30.0. The molecule has 564 valence electrons. The van der Waals surface area contributed by atoms with Crippen molar-refractivity contribution >= 4 is 130 Å². The number of alkyl carbamates (subject to hydrolysis) is 2. The van der Waals surface area contributed by atoms with Gasteiger partial charge in [0, 0.05) is 20.8 Å². The number of esters is 6. The van der Waals surface area contributed by atoms with E-state index >= 15 is 9.59 Å². The molecule has 2 amide bonds. The molecule has 4 aromatic carbocycles. The summed E-state index contributed by atoms with van der Waals surface area (Å²) in [6.45, 7) is -0.456. The summed E-state index contributed by atoms with van der Waals surface area (Å²) in [6.07, 6.45) is -31.3. The number of nitrogens with one attached hydrogen (secondary N) is 3. The molecule has 0 unspecified atom stereocenters. The van der Waals surface area contributed by atoms with Crippen LogP contribution in [0.15, 0.2) is 121 Å². The lowest BCUT2D eigenvalue weighted by Crippen LogP contribution is -2.71. The molecule has 0 spiro atoms. The van der Waals surface area contributed by atoms with Gasteiger partial charge in [0.1, 0.15) is 49.3 Å². The lowest BCUT2D eigenvalue weighted by atomic mass is 9.87. The lowest BCUT2D eigenvalue weighted by Gasteiger charge is -2.51. The molecule has 5 saturated heterocycles. The van der Waals surface area contributed by atoms with Gasteiger partial charge in [-0.2, -0.15) is 0 Å². The van der Waals surface area contributed by atoms with Crippen molar-refractivity contribution in [2.24, 2.45) is 0 Å². The van der Waals surface area contributed by atoms with Crippen LogP contribution in [0.25, 0.3) is 0 Å². The second-order valence-corrected chi connectivity index (χ2v) is 28.6. The van der Waals surface area contributed by atoms with E-state index in [0.717, 1.165) is 35.0 Å². The summed E-state index contributed by atoms with van der Waals surface area (Å²) in [5, 5.41) is 14.0. The van der Waals surface area contributed by atoms with Crippen molar-refractivity contribution in [3.05, 3.63) is 144 Å². The largest absolute Gasteiger partial charge is 0.508 e. The van der Waals surface area contributed by atoms with Gasteiger partial charge in [-0.1, -0.05) is 179 Å². The van der Waals surface area contributed by atoms with Crippen LogP contribution in [0.3, 0.4) is 0 Å². The number of alkyl halides is 6. The van der Waals surface area contributed by atoms with Gasteiger partial charge in [0.25, 0.3) is 15.4 Å². The maximum atomic E-state index is 15.4. The molecule has 0 aliphatic carbocycles. The minimum atomic E-state index is -3.19. The maximum absolute atomic E-state index is 15.4. The van der Waals surface area contributed by atoms with Gasteiger partial charge in [-0.3, -0.25) is 19.8 Å². The van der Waals surface area contributed by atoms with Gasteiger partial charge in [-0.15, -0.1) is 0 Å². The number of rotatable bonds is 30. The Morgan fingerprint density at radius 3 is 1.50 bits per heavy atom. The van der Waals surface area contributed by atoms with Gasteiger partial charge in [-0.05, 0) is 28.8 Å². The summed E-state index contributed by atoms with van der Waals surface area (Å²) in [5.41, 5.74) is 1.66. The van der Waals surface area contributed by atoms with Crippen molar-refractivity contribution in [3.63, 3.8) is 0 Å². The Kier molecular flexibility index (Phi) is 28.0. The molecule has 5 fully saturated rings. The van der Waals surface area contributed by atoms with Crippen molar-refractivity contribution in [2.75, 3.05) is 40.6 Å². The van der Waals surface area contributed by atoms with E-state index in [-0.39, 0.29) is 25.4 Å². The van der Waals surface area contributed by atoms with Crippen molar-refractivity contribution in [3.8, 4) is 0 Å². The molecule has 37 heteroatoms. The van der Waals surface area contributed by atoms with Crippen LogP contribution in [-0.4, -0.2) is 211 Å². The Labute approximate surface area is 623 Å². The Bertz CT molecular complexity index is 3650. The molecule has 0 bridgehead atoms. The fourth-order valence-corrected chi connectivity index (χ4v) is 12.3. The van der Waals surface area contributed by atoms with Crippen LogP contribution in [0.2, 0.25) is 0 Å². The third-order valence-electron chi connectivity index (χ3n) is 16.3. The van der Waals surface area contributed by atoms with Crippen LogP contribution in [0, 0.1) is 5.41 Å². The number of hydrogen-bond donors (Lipinski definition) is 3. The third kappa shape index (κ3) is 21.3. The topological polar surface area (TPSA) is 377 Å². The highest BCUT2D eigenvalue weighted by Gasteiger charge is 2.67. The SMILES string of the molecule is COC(=O)[C@@]1(O[C@H](COCc2ccccc2)[C@@H](OC(C)=O)[C@@H]2O[C@@](O[C@H]3[C@@H](OC(=O)OCC(Cl)(Cl)Cl)[C@@H](COCc4ccccc4)O[C@@H](OC(=N)C(Cl)(Cl)Cl)[C@@H]3OC(=O)c3ccccc3)(C(=O)OC)C[C@@H]3OC(=O)N[C@@H]23)C[C@@H]2OC(=O)N[C@H]2[C@H]([C@H](OC(C)=O)[C@@H](COCc2ccccc2)OC(C)=O)O1. The van der Waals surface area contributed by atoms with Crippen LogP contribution in [0.5, 0.6) is 0 Å². The van der Waals surface area contributed by atoms with Crippen LogP contribution in [0.4, 0.5) is 14.4 Å². The number of benzene rings is 4. The van der Waals surface area contributed by atoms with Crippen molar-refractivity contribution in [2.45, 2.75) is 164 Å². The molecule has 0 aromatic heterocycles. The summed E-state index contributed by atoms with van der Waals surface area (Å²) >= 11 is 36.7. The molecule has 5 heterocycles. The van der Waals surface area contributed by atoms with Crippen molar-refractivity contribution in [1.82, 2.24) is 10.6 Å². The molecule has 104 heavy (non-hydrogen) atoms. The van der Waals surface area contributed by atoms with E-state index in [1.54, 1.807) is 97.1 Å². The number of amides is 2. The van der Waals surface area contributed by atoms with Gasteiger partial charge in [-0.25, -0.2) is 28.8 Å². The number of hydrogen-bond acceptors (Lipinski definition) is 29.